The first-order valence-corrected chi connectivity index (χ1v) is 9.02. The lowest BCUT2D eigenvalue weighted by atomic mass is 10.2. The fourth-order valence-electron chi connectivity index (χ4n) is 2.69. The summed E-state index contributed by atoms with van der Waals surface area (Å²) < 4.78 is 0. The van der Waals surface area contributed by atoms with Gasteiger partial charge in [-0.3, -0.25) is 0 Å². The highest BCUT2D eigenvalue weighted by Gasteiger charge is 2.11. The first kappa shape index (κ1) is 17.7. The molecule has 128 valence electrons. The van der Waals surface area contributed by atoms with Crippen LogP contribution in [0.5, 0.6) is 0 Å². The van der Waals surface area contributed by atoms with Crippen molar-refractivity contribution in [3.8, 4) is 0 Å². The van der Waals surface area contributed by atoms with E-state index in [0.717, 1.165) is 40.4 Å². The van der Waals surface area contributed by atoms with Crippen LogP contribution < -0.4 is 4.90 Å². The van der Waals surface area contributed by atoms with E-state index >= 15 is 0 Å². The number of aromatic nitrogens is 2. The molecule has 0 amide bonds. The Kier molecular flexibility index (Phi) is 5.57. The Morgan fingerprint density at radius 3 is 2.24 bits per heavy atom. The lowest BCUT2D eigenvalue weighted by Crippen LogP contribution is -2.23. The van der Waals surface area contributed by atoms with Crippen LogP contribution >= 0.6 is 23.2 Å². The molecular formula is C20H19Cl2N3. The Hall–Kier alpha value is -2.10. The van der Waals surface area contributed by atoms with Crippen molar-refractivity contribution in [3.63, 3.8) is 0 Å². The first-order valence-electron chi connectivity index (χ1n) is 8.26. The number of nitrogens with zero attached hydrogens (tertiary/aromatic N) is 3. The van der Waals surface area contributed by atoms with Gasteiger partial charge in [0.2, 0.25) is 0 Å². The second-order valence-electron chi connectivity index (χ2n) is 5.62. The van der Waals surface area contributed by atoms with Crippen molar-refractivity contribution < 1.29 is 0 Å². The summed E-state index contributed by atoms with van der Waals surface area (Å²) in [6.07, 6.45) is 3.89. The van der Waals surface area contributed by atoms with Crippen molar-refractivity contribution >= 4 is 52.1 Å². The smallest absolute Gasteiger partial charge is 0.154 e. The first-order chi connectivity index (χ1) is 12.1. The molecule has 0 atom stereocenters. The van der Waals surface area contributed by atoms with Crippen LogP contribution in [0.25, 0.3) is 23.1 Å². The number of halogens is 2. The maximum absolute atomic E-state index is 6.15. The lowest BCUT2D eigenvalue weighted by molar-refractivity contribution is 0.847. The lowest BCUT2D eigenvalue weighted by Gasteiger charge is -2.21. The summed E-state index contributed by atoms with van der Waals surface area (Å²) in [5, 5.41) is 2.40. The highest BCUT2D eigenvalue weighted by atomic mass is 35.5. The summed E-state index contributed by atoms with van der Waals surface area (Å²) in [7, 11) is 0. The van der Waals surface area contributed by atoms with Gasteiger partial charge in [-0.1, -0.05) is 41.4 Å². The molecule has 0 N–H and O–H groups in total. The normalized spacial score (nSPS) is 11.4. The van der Waals surface area contributed by atoms with Crippen LogP contribution in [0.3, 0.4) is 0 Å². The van der Waals surface area contributed by atoms with Crippen LogP contribution in [0.2, 0.25) is 10.0 Å². The Balaban J connectivity index is 2.07. The van der Waals surface area contributed by atoms with Crippen molar-refractivity contribution in [2.24, 2.45) is 0 Å². The summed E-state index contributed by atoms with van der Waals surface area (Å²) >= 11 is 12.1. The molecule has 3 rings (SSSR count). The molecule has 2 aromatic carbocycles. The maximum Gasteiger partial charge on any atom is 0.154 e. The van der Waals surface area contributed by atoms with E-state index in [9.17, 15) is 0 Å². The SMILES string of the molecule is CCN(CC)c1nc(C=Cc2ccc(Cl)cc2)nc2cc(Cl)ccc12. The highest BCUT2D eigenvalue weighted by Crippen LogP contribution is 2.27. The van der Waals surface area contributed by atoms with Gasteiger partial charge in [0.25, 0.3) is 0 Å². The van der Waals surface area contributed by atoms with Gasteiger partial charge in [-0.2, -0.15) is 0 Å². The third kappa shape index (κ3) is 4.12. The van der Waals surface area contributed by atoms with E-state index in [4.69, 9.17) is 28.2 Å². The Bertz CT molecular complexity index is 901. The fourth-order valence-corrected chi connectivity index (χ4v) is 2.98. The van der Waals surface area contributed by atoms with Gasteiger partial charge in [0.05, 0.1) is 5.52 Å². The van der Waals surface area contributed by atoms with Crippen LogP contribution in [0.15, 0.2) is 42.5 Å². The zero-order valence-corrected chi connectivity index (χ0v) is 15.7. The minimum atomic E-state index is 0.659. The number of fused-ring (bicyclic) bond motifs is 1. The minimum absolute atomic E-state index is 0.659. The summed E-state index contributed by atoms with van der Waals surface area (Å²) in [6.45, 7) is 6.00. The van der Waals surface area contributed by atoms with Gasteiger partial charge in [0.15, 0.2) is 5.82 Å². The molecule has 0 saturated heterocycles. The number of rotatable bonds is 5. The summed E-state index contributed by atoms with van der Waals surface area (Å²) in [5.74, 6) is 1.59. The molecule has 1 heterocycles. The van der Waals surface area contributed by atoms with Crippen molar-refractivity contribution in [1.29, 1.82) is 0 Å². The molecule has 0 saturated carbocycles. The minimum Gasteiger partial charge on any atom is -0.357 e. The largest absolute Gasteiger partial charge is 0.357 e. The van der Waals surface area contributed by atoms with Gasteiger partial charge in [-0.25, -0.2) is 9.97 Å². The predicted molar refractivity (Wildman–Crippen MR) is 108 cm³/mol. The highest BCUT2D eigenvalue weighted by molar-refractivity contribution is 6.31. The Morgan fingerprint density at radius 2 is 1.56 bits per heavy atom. The number of hydrogen-bond donors (Lipinski definition) is 0. The standard InChI is InChI=1S/C20H19Cl2N3/c1-3-25(4-2)20-17-11-10-16(22)13-18(17)23-19(24-20)12-7-14-5-8-15(21)9-6-14/h5-13H,3-4H2,1-2H3. The van der Waals surface area contributed by atoms with Crippen LogP contribution in [0.1, 0.15) is 25.2 Å². The zero-order valence-electron chi connectivity index (χ0n) is 14.2. The van der Waals surface area contributed by atoms with E-state index < -0.39 is 0 Å². The average molecular weight is 372 g/mol. The molecule has 3 aromatic rings. The molecule has 0 bridgehead atoms. The third-order valence-electron chi connectivity index (χ3n) is 4.01. The van der Waals surface area contributed by atoms with Crippen LogP contribution in [-0.4, -0.2) is 23.1 Å². The third-order valence-corrected chi connectivity index (χ3v) is 4.50. The van der Waals surface area contributed by atoms with Crippen molar-refractivity contribution in [2.45, 2.75) is 13.8 Å². The monoisotopic (exact) mass is 371 g/mol. The molecule has 3 nitrogen and oxygen atoms in total. The molecule has 1 aromatic heterocycles. The van der Waals surface area contributed by atoms with E-state index in [1.54, 1.807) is 0 Å². The van der Waals surface area contributed by atoms with Crippen LogP contribution in [-0.2, 0) is 0 Å². The van der Waals surface area contributed by atoms with Crippen LogP contribution in [0.4, 0.5) is 5.82 Å². The Morgan fingerprint density at radius 1 is 0.880 bits per heavy atom. The van der Waals surface area contributed by atoms with Crippen LogP contribution in [0, 0.1) is 0 Å². The van der Waals surface area contributed by atoms with Gasteiger partial charge in [-0.15, -0.1) is 0 Å². The van der Waals surface area contributed by atoms with E-state index in [1.165, 1.54) is 0 Å². The predicted octanol–water partition coefficient (Wildman–Crippen LogP) is 5.95. The molecule has 5 heteroatoms. The van der Waals surface area contributed by atoms with Crippen molar-refractivity contribution in [3.05, 3.63) is 63.9 Å². The molecule has 0 aliphatic heterocycles. The topological polar surface area (TPSA) is 29.0 Å². The second kappa shape index (κ2) is 7.85. The van der Waals surface area contributed by atoms with Crippen molar-refractivity contribution in [1.82, 2.24) is 9.97 Å². The zero-order chi connectivity index (χ0) is 17.8. The molecule has 0 aliphatic carbocycles. The quantitative estimate of drug-likeness (QED) is 0.554. The molecule has 0 unspecified atom stereocenters. The van der Waals surface area contributed by atoms with Gasteiger partial charge >= 0.3 is 0 Å². The Labute approximate surface area is 157 Å². The molecule has 0 aliphatic rings. The van der Waals surface area contributed by atoms with Gasteiger partial charge < -0.3 is 4.90 Å². The molecule has 0 fully saturated rings. The average Bonchev–Trinajstić information content (AvgIpc) is 2.62. The van der Waals surface area contributed by atoms with Crippen molar-refractivity contribution in [2.75, 3.05) is 18.0 Å². The maximum atomic E-state index is 6.15. The number of benzene rings is 2. The van der Waals surface area contributed by atoms with E-state index in [1.807, 2.05) is 54.6 Å². The molecule has 25 heavy (non-hydrogen) atoms. The van der Waals surface area contributed by atoms with Gasteiger partial charge in [0.1, 0.15) is 5.82 Å². The molecule has 0 radical (unpaired) electrons. The summed E-state index contributed by atoms with van der Waals surface area (Å²) in [4.78, 5) is 11.6. The van der Waals surface area contributed by atoms with Gasteiger partial charge in [0, 0.05) is 28.5 Å². The van der Waals surface area contributed by atoms with E-state index in [2.05, 4.69) is 23.7 Å². The molecule has 0 spiro atoms. The van der Waals surface area contributed by atoms with E-state index in [-0.39, 0.29) is 0 Å². The van der Waals surface area contributed by atoms with E-state index in [0.29, 0.717) is 10.8 Å². The number of hydrogen-bond acceptors (Lipinski definition) is 3. The summed E-state index contributed by atoms with van der Waals surface area (Å²) in [5.41, 5.74) is 1.89. The fraction of sp³-hybridized carbons (Fsp3) is 0.200. The second-order valence-corrected chi connectivity index (χ2v) is 6.50. The molecular weight excluding hydrogens is 353 g/mol. The van der Waals surface area contributed by atoms with Gasteiger partial charge in [-0.05, 0) is 55.8 Å². The number of anilines is 1. The summed E-state index contributed by atoms with van der Waals surface area (Å²) in [6, 6.07) is 13.4.